The van der Waals surface area contributed by atoms with Gasteiger partial charge in [-0.2, -0.15) is 0 Å². The van der Waals surface area contributed by atoms with Crippen LogP contribution in [0.5, 0.6) is 0 Å². The van der Waals surface area contributed by atoms with Crippen LogP contribution in [0.4, 0.5) is 8.78 Å². The maximum Gasteiger partial charge on any atom is 0.171 e. The second-order valence-electron chi connectivity index (χ2n) is 13.4. The van der Waals surface area contributed by atoms with Crippen LogP contribution in [0.1, 0.15) is 0 Å². The summed E-state index contributed by atoms with van der Waals surface area (Å²) in [4.78, 5) is 13.8. The van der Waals surface area contributed by atoms with Gasteiger partial charge >= 0.3 is 0 Å². The van der Waals surface area contributed by atoms with Crippen molar-refractivity contribution in [3.05, 3.63) is 206 Å². The second kappa shape index (κ2) is 14.7. The fraction of sp³-hybridized carbons (Fsp3) is 0. The quantitative estimate of drug-likeness (QED) is 0.145. The van der Waals surface area contributed by atoms with E-state index >= 15 is 4.57 Å². The molecule has 0 fully saturated rings. The van der Waals surface area contributed by atoms with E-state index in [-0.39, 0.29) is 22.8 Å². The first-order valence-corrected chi connectivity index (χ1v) is 19.9. The molecule has 1 aromatic heterocycles. The van der Waals surface area contributed by atoms with E-state index in [1.807, 2.05) is 109 Å². The van der Waals surface area contributed by atoms with E-state index < -0.39 is 18.8 Å². The molecule has 7 heteroatoms. The number of benzene rings is 8. The third-order valence-electron chi connectivity index (χ3n) is 10.0. The summed E-state index contributed by atoms with van der Waals surface area (Å²) in [5, 5.41) is 4.46. The first-order chi connectivity index (χ1) is 27.5. The number of nitrogens with zero attached hydrogens (tertiary/aromatic N) is 3. The van der Waals surface area contributed by atoms with Crippen molar-refractivity contribution in [2.24, 2.45) is 0 Å². The van der Waals surface area contributed by atoms with Crippen molar-refractivity contribution >= 4 is 33.8 Å². The first-order valence-electron chi connectivity index (χ1n) is 18.2. The zero-order valence-corrected chi connectivity index (χ0v) is 30.8. The molecule has 8 aromatic carbocycles. The Morgan fingerprint density at radius 2 is 0.768 bits per heavy atom. The molecular formula is C49H32F2N3OP. The topological polar surface area (TPSA) is 55.7 Å². The van der Waals surface area contributed by atoms with Gasteiger partial charge in [0.25, 0.3) is 0 Å². The van der Waals surface area contributed by atoms with Gasteiger partial charge < -0.3 is 4.57 Å². The Morgan fingerprint density at radius 1 is 0.339 bits per heavy atom. The standard InChI is InChI=1S/C49H32F2N3OP/c50-45-24-11-9-22-43(45)48-52-47(53-49(54-48)44-23-10-12-25-46(44)51)34-28-26-33(27-29-34)39-30-31-40(42-21-8-7-20-41(39)42)35-14-13-19-38(32-35)56(55,36-15-3-1-4-16-36)37-17-5-2-6-18-37/h1-32H. The molecule has 268 valence electrons. The molecule has 1 heterocycles. The van der Waals surface area contributed by atoms with Crippen LogP contribution in [0.15, 0.2) is 194 Å². The van der Waals surface area contributed by atoms with Crippen molar-refractivity contribution in [2.45, 2.75) is 0 Å². The van der Waals surface area contributed by atoms with E-state index in [9.17, 15) is 8.78 Å². The number of fused-ring (bicyclic) bond motifs is 1. The summed E-state index contributed by atoms with van der Waals surface area (Å²) in [6.07, 6.45) is 0. The normalized spacial score (nSPS) is 11.5. The predicted molar refractivity (Wildman–Crippen MR) is 224 cm³/mol. The molecular weight excluding hydrogens is 716 g/mol. The van der Waals surface area contributed by atoms with Crippen LogP contribution in [0.25, 0.3) is 67.2 Å². The Morgan fingerprint density at radius 3 is 1.30 bits per heavy atom. The maximum absolute atomic E-state index is 15.2. The summed E-state index contributed by atoms with van der Waals surface area (Å²) in [5.74, 6) is -0.438. The number of halogens is 2. The highest BCUT2D eigenvalue weighted by Crippen LogP contribution is 2.44. The van der Waals surface area contributed by atoms with E-state index in [4.69, 9.17) is 0 Å². The van der Waals surface area contributed by atoms with Crippen molar-refractivity contribution in [1.29, 1.82) is 0 Å². The fourth-order valence-electron chi connectivity index (χ4n) is 7.22. The summed E-state index contributed by atoms with van der Waals surface area (Å²) in [6, 6.07) is 60.3. The highest BCUT2D eigenvalue weighted by molar-refractivity contribution is 7.85. The molecule has 4 nitrogen and oxygen atoms in total. The van der Waals surface area contributed by atoms with E-state index in [1.165, 1.54) is 12.1 Å². The lowest BCUT2D eigenvalue weighted by Gasteiger charge is -2.21. The predicted octanol–water partition coefficient (Wildman–Crippen LogP) is 11.3. The van der Waals surface area contributed by atoms with Crippen molar-refractivity contribution in [3.8, 4) is 56.4 Å². The van der Waals surface area contributed by atoms with Gasteiger partial charge in [-0.3, -0.25) is 0 Å². The molecule has 0 spiro atoms. The third kappa shape index (κ3) is 6.40. The minimum Gasteiger partial charge on any atom is -0.309 e. The summed E-state index contributed by atoms with van der Waals surface area (Å²) in [7, 11) is -3.17. The summed E-state index contributed by atoms with van der Waals surface area (Å²) >= 11 is 0. The molecule has 56 heavy (non-hydrogen) atoms. The van der Waals surface area contributed by atoms with Gasteiger partial charge in [0, 0.05) is 21.5 Å². The van der Waals surface area contributed by atoms with Gasteiger partial charge in [-0.1, -0.05) is 164 Å². The number of hydrogen-bond donors (Lipinski definition) is 0. The van der Waals surface area contributed by atoms with Gasteiger partial charge in [-0.25, -0.2) is 23.7 Å². The minimum absolute atomic E-state index is 0.116. The van der Waals surface area contributed by atoms with Crippen LogP contribution in [-0.4, -0.2) is 15.0 Å². The monoisotopic (exact) mass is 747 g/mol. The molecule has 0 aliphatic rings. The molecule has 0 radical (unpaired) electrons. The maximum atomic E-state index is 15.2. The van der Waals surface area contributed by atoms with Crippen LogP contribution in [0.2, 0.25) is 0 Å². The minimum atomic E-state index is -3.17. The van der Waals surface area contributed by atoms with Crippen LogP contribution >= 0.6 is 7.14 Å². The second-order valence-corrected chi connectivity index (χ2v) is 16.1. The summed E-state index contributed by atoms with van der Waals surface area (Å²) < 4.78 is 45.1. The Balaban J connectivity index is 1.11. The highest BCUT2D eigenvalue weighted by Gasteiger charge is 2.30. The van der Waals surface area contributed by atoms with E-state index in [0.29, 0.717) is 11.4 Å². The number of rotatable bonds is 8. The SMILES string of the molecule is O=P(c1ccccc1)(c1ccccc1)c1cccc(-c2ccc(-c3ccc(-c4nc(-c5ccccc5F)nc(-c5ccccc5F)n4)cc3)c3ccccc23)c1. The molecule has 0 aliphatic heterocycles. The molecule has 0 saturated carbocycles. The smallest absolute Gasteiger partial charge is 0.171 e. The molecule has 0 amide bonds. The average molecular weight is 748 g/mol. The molecule has 9 aromatic rings. The van der Waals surface area contributed by atoms with E-state index in [1.54, 1.807) is 36.4 Å². The van der Waals surface area contributed by atoms with Gasteiger partial charge in [0.2, 0.25) is 0 Å². The van der Waals surface area contributed by atoms with Gasteiger partial charge in [0.1, 0.15) is 11.6 Å². The van der Waals surface area contributed by atoms with Gasteiger partial charge in [-0.15, -0.1) is 0 Å². The molecule has 0 N–H and O–H groups in total. The van der Waals surface area contributed by atoms with Crippen LogP contribution in [0, 0.1) is 11.6 Å². The molecule has 0 saturated heterocycles. The first kappa shape index (κ1) is 34.9. The average Bonchev–Trinajstić information content (AvgIpc) is 3.26. The van der Waals surface area contributed by atoms with Crippen molar-refractivity contribution in [3.63, 3.8) is 0 Å². The van der Waals surface area contributed by atoms with Crippen molar-refractivity contribution in [2.75, 3.05) is 0 Å². The Kier molecular flexibility index (Phi) is 9.18. The lowest BCUT2D eigenvalue weighted by atomic mass is 9.92. The summed E-state index contributed by atoms with van der Waals surface area (Å²) in [6.45, 7) is 0. The molecule has 0 aliphatic carbocycles. The zero-order valence-electron chi connectivity index (χ0n) is 29.9. The molecule has 0 bridgehead atoms. The summed E-state index contributed by atoms with van der Waals surface area (Å²) in [5.41, 5.74) is 5.07. The molecule has 0 atom stereocenters. The lowest BCUT2D eigenvalue weighted by Crippen LogP contribution is -2.25. The van der Waals surface area contributed by atoms with Crippen molar-refractivity contribution < 1.29 is 13.3 Å². The van der Waals surface area contributed by atoms with Crippen LogP contribution < -0.4 is 15.9 Å². The van der Waals surface area contributed by atoms with Gasteiger partial charge in [0.15, 0.2) is 24.6 Å². The Labute approximate surface area is 323 Å². The Bertz CT molecular complexity index is 2810. The van der Waals surface area contributed by atoms with Crippen LogP contribution in [0.3, 0.4) is 0 Å². The fourth-order valence-corrected chi connectivity index (χ4v) is 9.92. The zero-order chi connectivity index (χ0) is 38.1. The van der Waals surface area contributed by atoms with E-state index in [0.717, 1.165) is 48.9 Å². The number of hydrogen-bond acceptors (Lipinski definition) is 4. The molecule has 0 unspecified atom stereocenters. The number of aromatic nitrogens is 3. The van der Waals surface area contributed by atoms with Gasteiger partial charge in [0.05, 0.1) is 11.1 Å². The third-order valence-corrected chi connectivity index (χ3v) is 13.1. The Hall–Kier alpha value is -6.88. The van der Waals surface area contributed by atoms with E-state index in [2.05, 4.69) is 51.4 Å². The van der Waals surface area contributed by atoms with Crippen molar-refractivity contribution in [1.82, 2.24) is 15.0 Å². The van der Waals surface area contributed by atoms with Gasteiger partial charge in [-0.05, 0) is 63.4 Å². The molecule has 9 rings (SSSR count). The highest BCUT2D eigenvalue weighted by atomic mass is 31.2. The lowest BCUT2D eigenvalue weighted by molar-refractivity contribution is 0.592. The van der Waals surface area contributed by atoms with Crippen LogP contribution in [-0.2, 0) is 4.57 Å². The largest absolute Gasteiger partial charge is 0.309 e.